The quantitative estimate of drug-likeness (QED) is 0.475. The zero-order valence-electron chi connectivity index (χ0n) is 13.5. The summed E-state index contributed by atoms with van der Waals surface area (Å²) in [6, 6.07) is 8.11. The molecule has 0 aliphatic rings. The molecule has 1 aromatic carbocycles. The van der Waals surface area contributed by atoms with E-state index in [0.29, 0.717) is 0 Å². The SMILES string of the molecule is CCOCCN(CCCc1ccccc1N)CCOCC. The van der Waals surface area contributed by atoms with Crippen LogP contribution in [-0.4, -0.2) is 51.0 Å². The molecule has 0 bridgehead atoms. The third kappa shape index (κ3) is 8.05. The lowest BCUT2D eigenvalue weighted by Crippen LogP contribution is -2.32. The Morgan fingerprint density at radius 1 is 0.952 bits per heavy atom. The van der Waals surface area contributed by atoms with E-state index in [1.54, 1.807) is 0 Å². The second-order valence-corrected chi connectivity index (χ2v) is 5.04. The van der Waals surface area contributed by atoms with Crippen LogP contribution in [-0.2, 0) is 15.9 Å². The van der Waals surface area contributed by atoms with Crippen molar-refractivity contribution in [3.05, 3.63) is 29.8 Å². The van der Waals surface area contributed by atoms with Crippen molar-refractivity contribution in [1.82, 2.24) is 4.90 Å². The standard InChI is InChI=1S/C17H30N2O2/c1-3-20-14-12-19(13-15-21-4-2)11-7-9-16-8-5-6-10-17(16)18/h5-6,8,10H,3-4,7,9,11-15,18H2,1-2H3. The van der Waals surface area contributed by atoms with E-state index < -0.39 is 0 Å². The van der Waals surface area contributed by atoms with E-state index in [0.717, 1.165) is 64.6 Å². The van der Waals surface area contributed by atoms with Crippen LogP contribution in [0.25, 0.3) is 0 Å². The van der Waals surface area contributed by atoms with Crippen molar-refractivity contribution in [2.45, 2.75) is 26.7 Å². The molecule has 21 heavy (non-hydrogen) atoms. The van der Waals surface area contributed by atoms with Crippen molar-refractivity contribution in [2.24, 2.45) is 0 Å². The first-order chi connectivity index (χ1) is 10.3. The predicted octanol–water partition coefficient (Wildman–Crippen LogP) is 2.58. The highest BCUT2D eigenvalue weighted by Crippen LogP contribution is 2.12. The van der Waals surface area contributed by atoms with Gasteiger partial charge in [-0.05, 0) is 44.9 Å². The molecule has 0 fully saturated rings. The molecule has 4 heteroatoms. The largest absolute Gasteiger partial charge is 0.399 e. The van der Waals surface area contributed by atoms with Crippen LogP contribution in [0.1, 0.15) is 25.8 Å². The summed E-state index contributed by atoms with van der Waals surface area (Å²) in [5, 5.41) is 0. The van der Waals surface area contributed by atoms with Gasteiger partial charge < -0.3 is 15.2 Å². The van der Waals surface area contributed by atoms with Crippen molar-refractivity contribution < 1.29 is 9.47 Å². The summed E-state index contributed by atoms with van der Waals surface area (Å²) in [6.45, 7) is 10.2. The zero-order chi connectivity index (χ0) is 15.3. The zero-order valence-corrected chi connectivity index (χ0v) is 13.5. The molecule has 2 N–H and O–H groups in total. The number of rotatable bonds is 12. The van der Waals surface area contributed by atoms with E-state index >= 15 is 0 Å². The van der Waals surface area contributed by atoms with Gasteiger partial charge in [-0.25, -0.2) is 0 Å². The highest BCUT2D eigenvalue weighted by molar-refractivity contribution is 5.46. The van der Waals surface area contributed by atoms with Crippen LogP contribution in [0.15, 0.2) is 24.3 Å². The molecular formula is C17H30N2O2. The molecule has 0 atom stereocenters. The fourth-order valence-electron chi connectivity index (χ4n) is 2.27. The van der Waals surface area contributed by atoms with Crippen LogP contribution in [0.4, 0.5) is 5.69 Å². The number of nitrogens with zero attached hydrogens (tertiary/aromatic N) is 1. The van der Waals surface area contributed by atoms with Crippen LogP contribution >= 0.6 is 0 Å². The molecule has 1 rings (SSSR count). The third-order valence-corrected chi connectivity index (χ3v) is 3.49. The molecule has 0 heterocycles. The minimum atomic E-state index is 0.778. The van der Waals surface area contributed by atoms with E-state index in [-0.39, 0.29) is 0 Å². The van der Waals surface area contributed by atoms with Crippen LogP contribution in [0, 0.1) is 0 Å². The molecule has 0 saturated heterocycles. The Morgan fingerprint density at radius 2 is 1.57 bits per heavy atom. The Kier molecular flexibility index (Phi) is 9.87. The minimum absolute atomic E-state index is 0.778. The summed E-state index contributed by atoms with van der Waals surface area (Å²) >= 11 is 0. The number of anilines is 1. The molecule has 1 aromatic rings. The maximum absolute atomic E-state index is 5.98. The first-order valence-corrected chi connectivity index (χ1v) is 7.99. The summed E-state index contributed by atoms with van der Waals surface area (Å²) < 4.78 is 10.9. The van der Waals surface area contributed by atoms with Crippen LogP contribution in [0.2, 0.25) is 0 Å². The van der Waals surface area contributed by atoms with Gasteiger partial charge in [0.25, 0.3) is 0 Å². The number of aryl methyl sites for hydroxylation is 1. The second kappa shape index (κ2) is 11.5. The second-order valence-electron chi connectivity index (χ2n) is 5.04. The molecule has 120 valence electrons. The number of nitrogens with two attached hydrogens (primary N) is 1. The Hall–Kier alpha value is -1.10. The summed E-state index contributed by atoms with van der Waals surface area (Å²) in [5.41, 5.74) is 8.12. The van der Waals surface area contributed by atoms with E-state index in [9.17, 15) is 0 Å². The number of para-hydroxylation sites is 1. The number of hydrogen-bond acceptors (Lipinski definition) is 4. The fourth-order valence-corrected chi connectivity index (χ4v) is 2.27. The van der Waals surface area contributed by atoms with Gasteiger partial charge in [0.15, 0.2) is 0 Å². The fraction of sp³-hybridized carbons (Fsp3) is 0.647. The Morgan fingerprint density at radius 3 is 2.14 bits per heavy atom. The number of hydrogen-bond donors (Lipinski definition) is 1. The lowest BCUT2D eigenvalue weighted by Gasteiger charge is -2.22. The highest BCUT2D eigenvalue weighted by atomic mass is 16.5. The molecule has 0 spiro atoms. The van der Waals surface area contributed by atoms with Crippen molar-refractivity contribution >= 4 is 5.69 Å². The van der Waals surface area contributed by atoms with Crippen molar-refractivity contribution in [3.8, 4) is 0 Å². The van der Waals surface area contributed by atoms with Gasteiger partial charge >= 0.3 is 0 Å². The predicted molar refractivity (Wildman–Crippen MR) is 88.6 cm³/mol. The van der Waals surface area contributed by atoms with Gasteiger partial charge in [-0.15, -0.1) is 0 Å². The van der Waals surface area contributed by atoms with Crippen molar-refractivity contribution in [2.75, 3.05) is 51.8 Å². The van der Waals surface area contributed by atoms with E-state index in [1.807, 2.05) is 32.0 Å². The summed E-state index contributed by atoms with van der Waals surface area (Å²) in [4.78, 5) is 2.41. The maximum Gasteiger partial charge on any atom is 0.0593 e. The normalized spacial score (nSPS) is 11.2. The number of nitrogen functional groups attached to an aromatic ring is 1. The molecule has 0 aliphatic carbocycles. The Bertz CT molecular complexity index is 362. The van der Waals surface area contributed by atoms with Crippen LogP contribution in [0.5, 0.6) is 0 Å². The van der Waals surface area contributed by atoms with Gasteiger partial charge in [-0.2, -0.15) is 0 Å². The first kappa shape index (κ1) is 18.0. The van der Waals surface area contributed by atoms with E-state index in [1.165, 1.54) is 5.56 Å². The van der Waals surface area contributed by atoms with Crippen LogP contribution in [0.3, 0.4) is 0 Å². The lowest BCUT2D eigenvalue weighted by molar-refractivity contribution is 0.0824. The molecule has 4 nitrogen and oxygen atoms in total. The van der Waals surface area contributed by atoms with Gasteiger partial charge in [0.1, 0.15) is 0 Å². The average molecular weight is 294 g/mol. The van der Waals surface area contributed by atoms with Gasteiger partial charge in [-0.3, -0.25) is 4.90 Å². The number of ether oxygens (including phenoxy) is 2. The molecule has 0 amide bonds. The molecular weight excluding hydrogens is 264 g/mol. The summed E-state index contributed by atoms with van der Waals surface area (Å²) in [7, 11) is 0. The van der Waals surface area contributed by atoms with Gasteiger partial charge in [-0.1, -0.05) is 18.2 Å². The topological polar surface area (TPSA) is 47.7 Å². The van der Waals surface area contributed by atoms with Crippen molar-refractivity contribution in [1.29, 1.82) is 0 Å². The Balaban J connectivity index is 2.31. The molecule has 0 unspecified atom stereocenters. The van der Waals surface area contributed by atoms with E-state index in [2.05, 4.69) is 11.0 Å². The number of benzene rings is 1. The molecule has 0 saturated carbocycles. The Labute approximate surface area is 129 Å². The molecule has 0 radical (unpaired) electrons. The smallest absolute Gasteiger partial charge is 0.0593 e. The highest BCUT2D eigenvalue weighted by Gasteiger charge is 2.06. The van der Waals surface area contributed by atoms with Crippen LogP contribution < -0.4 is 5.73 Å². The van der Waals surface area contributed by atoms with Gasteiger partial charge in [0.05, 0.1) is 13.2 Å². The lowest BCUT2D eigenvalue weighted by atomic mass is 10.1. The van der Waals surface area contributed by atoms with E-state index in [4.69, 9.17) is 15.2 Å². The minimum Gasteiger partial charge on any atom is -0.399 e. The monoisotopic (exact) mass is 294 g/mol. The summed E-state index contributed by atoms with van der Waals surface area (Å²) in [5.74, 6) is 0. The van der Waals surface area contributed by atoms with Gasteiger partial charge in [0.2, 0.25) is 0 Å². The average Bonchev–Trinajstić information content (AvgIpc) is 2.49. The summed E-state index contributed by atoms with van der Waals surface area (Å²) in [6.07, 6.45) is 2.12. The third-order valence-electron chi connectivity index (χ3n) is 3.49. The first-order valence-electron chi connectivity index (χ1n) is 7.99. The van der Waals surface area contributed by atoms with Crippen molar-refractivity contribution in [3.63, 3.8) is 0 Å². The van der Waals surface area contributed by atoms with Gasteiger partial charge in [0, 0.05) is 32.0 Å². The molecule has 0 aliphatic heterocycles. The maximum atomic E-state index is 5.98. The molecule has 0 aromatic heterocycles.